The molecule has 0 radical (unpaired) electrons. The first-order valence-electron chi connectivity index (χ1n) is 16.5. The van der Waals surface area contributed by atoms with Gasteiger partial charge in [-0.2, -0.15) is 0 Å². The molecule has 0 saturated heterocycles. The Balaban J connectivity index is 1.65. The summed E-state index contributed by atoms with van der Waals surface area (Å²) in [6.07, 6.45) is -7.75. The van der Waals surface area contributed by atoms with Crippen LogP contribution in [0, 0.1) is 0 Å². The van der Waals surface area contributed by atoms with Crippen molar-refractivity contribution in [3.63, 3.8) is 0 Å². The number of benzene rings is 5. The van der Waals surface area contributed by atoms with Gasteiger partial charge in [0.1, 0.15) is 6.61 Å². The van der Waals surface area contributed by atoms with Gasteiger partial charge < -0.3 is 34.6 Å². The third kappa shape index (κ3) is 10.2. The third-order valence-electron chi connectivity index (χ3n) is 7.80. The van der Waals surface area contributed by atoms with Gasteiger partial charge in [-0.15, -0.1) is 0 Å². The van der Waals surface area contributed by atoms with Crippen molar-refractivity contribution in [1.82, 2.24) is 0 Å². The van der Waals surface area contributed by atoms with E-state index in [4.69, 9.17) is 29.4 Å². The average molecular weight is 731 g/mol. The Morgan fingerprint density at radius 3 is 1.15 bits per heavy atom. The molecular weight excluding hydrogens is 696 g/mol. The highest BCUT2D eigenvalue weighted by Crippen LogP contribution is 2.25. The van der Waals surface area contributed by atoms with Crippen LogP contribution in [0.4, 0.5) is 0 Å². The number of hydrogen-bond donors (Lipinski definition) is 2. The topological polar surface area (TPSA) is 190 Å². The Morgan fingerprint density at radius 1 is 0.463 bits per heavy atom. The lowest BCUT2D eigenvalue weighted by Crippen LogP contribution is -2.57. The van der Waals surface area contributed by atoms with Crippen LogP contribution in [0.2, 0.25) is 0 Å². The number of rotatable bonds is 15. The second kappa shape index (κ2) is 18.8. The van der Waals surface area contributed by atoms with Crippen molar-refractivity contribution in [3.05, 3.63) is 179 Å². The molecule has 0 unspecified atom stereocenters. The van der Waals surface area contributed by atoms with Gasteiger partial charge in [-0.1, -0.05) is 96.2 Å². The Bertz CT molecular complexity index is 2050. The van der Waals surface area contributed by atoms with Crippen LogP contribution >= 0.6 is 0 Å². The molecule has 0 saturated carbocycles. The predicted molar refractivity (Wildman–Crippen MR) is 193 cm³/mol. The van der Waals surface area contributed by atoms with Crippen LogP contribution in [0.5, 0.6) is 0 Å². The van der Waals surface area contributed by atoms with Crippen LogP contribution < -0.4 is 5.73 Å². The first kappa shape index (κ1) is 38.0. The van der Waals surface area contributed by atoms with Crippen molar-refractivity contribution in [2.45, 2.75) is 24.4 Å². The van der Waals surface area contributed by atoms with E-state index in [1.165, 1.54) is 60.7 Å². The zero-order valence-corrected chi connectivity index (χ0v) is 28.5. The summed E-state index contributed by atoms with van der Waals surface area (Å²) in [6, 6.07) is 38.5. The fourth-order valence-electron chi connectivity index (χ4n) is 5.09. The fraction of sp³-hybridized carbons (Fsp3) is 0.122. The number of hydrogen-bond acceptors (Lipinski definition) is 12. The smallest absolute Gasteiger partial charge is 0.338 e. The minimum absolute atomic E-state index is 0.0108. The van der Waals surface area contributed by atoms with Gasteiger partial charge in [0.15, 0.2) is 24.1 Å². The molecule has 274 valence electrons. The maximum atomic E-state index is 13.8. The van der Waals surface area contributed by atoms with Gasteiger partial charge in [0.2, 0.25) is 6.10 Å². The lowest BCUT2D eigenvalue weighted by Gasteiger charge is -2.35. The van der Waals surface area contributed by atoms with E-state index in [9.17, 15) is 29.2 Å². The number of carbonyl (C=O) groups is 5. The van der Waals surface area contributed by atoms with E-state index in [2.05, 4.69) is 5.16 Å². The van der Waals surface area contributed by atoms with Gasteiger partial charge >= 0.3 is 29.8 Å². The van der Waals surface area contributed by atoms with Crippen molar-refractivity contribution in [2.24, 2.45) is 10.9 Å². The van der Waals surface area contributed by atoms with Crippen molar-refractivity contribution < 1.29 is 52.9 Å². The van der Waals surface area contributed by atoms with Crippen LogP contribution in [0.25, 0.3) is 0 Å². The molecule has 0 fully saturated rings. The number of carbonyl (C=O) groups excluding carboxylic acids is 5. The highest BCUT2D eigenvalue weighted by molar-refractivity contribution is 5.95. The Morgan fingerprint density at radius 2 is 0.778 bits per heavy atom. The zero-order chi connectivity index (χ0) is 38.3. The third-order valence-corrected chi connectivity index (χ3v) is 7.80. The minimum Gasteiger partial charge on any atom is -0.458 e. The quantitative estimate of drug-likeness (QED) is 0.0345. The van der Waals surface area contributed by atoms with E-state index in [-0.39, 0.29) is 27.8 Å². The van der Waals surface area contributed by atoms with Crippen LogP contribution in [0.1, 0.15) is 51.8 Å². The first-order valence-corrected chi connectivity index (χ1v) is 16.5. The van der Waals surface area contributed by atoms with Crippen molar-refractivity contribution >= 4 is 35.7 Å². The molecule has 0 aliphatic rings. The van der Waals surface area contributed by atoms with E-state index in [1.54, 1.807) is 91.0 Å². The SMILES string of the molecule is NC(=NO)[C@@H](OC(=O)c1ccccc1)[C@@H](OC(=O)c1ccccc1)[C@H](OC(=O)c1ccccc1)[C@@H](COC(=O)c1ccccc1)OC(=O)c1ccccc1. The molecule has 3 N–H and O–H groups in total. The molecule has 0 spiro atoms. The molecule has 0 aliphatic heterocycles. The largest absolute Gasteiger partial charge is 0.458 e. The summed E-state index contributed by atoms with van der Waals surface area (Å²) >= 11 is 0. The molecule has 0 bridgehead atoms. The molecular formula is C41H34N2O11. The van der Waals surface area contributed by atoms with Gasteiger partial charge in [-0.25, -0.2) is 24.0 Å². The number of nitrogens with zero attached hydrogens (tertiary/aromatic N) is 1. The molecule has 0 amide bonds. The van der Waals surface area contributed by atoms with Gasteiger partial charge in [-0.3, -0.25) is 0 Å². The molecule has 0 heterocycles. The van der Waals surface area contributed by atoms with Gasteiger partial charge in [0.05, 0.1) is 27.8 Å². The van der Waals surface area contributed by atoms with E-state index in [0.717, 1.165) is 0 Å². The Labute approximate surface area is 309 Å². The lowest BCUT2D eigenvalue weighted by molar-refractivity contribution is -0.121. The molecule has 4 atom stereocenters. The van der Waals surface area contributed by atoms with E-state index >= 15 is 0 Å². The first-order chi connectivity index (χ1) is 26.2. The zero-order valence-electron chi connectivity index (χ0n) is 28.5. The number of ether oxygens (including phenoxy) is 5. The number of amidine groups is 1. The van der Waals surface area contributed by atoms with Crippen LogP contribution in [0.3, 0.4) is 0 Å². The Hall–Kier alpha value is -7.28. The monoisotopic (exact) mass is 730 g/mol. The second-order valence-corrected chi connectivity index (χ2v) is 11.5. The van der Waals surface area contributed by atoms with Gasteiger partial charge in [-0.05, 0) is 60.7 Å². The summed E-state index contributed by atoms with van der Waals surface area (Å²) in [5.41, 5.74) is 6.39. The molecule has 0 aromatic heterocycles. The summed E-state index contributed by atoms with van der Waals surface area (Å²) < 4.78 is 29.1. The van der Waals surface area contributed by atoms with Gasteiger partial charge in [0.25, 0.3) is 0 Å². The van der Waals surface area contributed by atoms with Crippen LogP contribution in [-0.2, 0) is 23.7 Å². The van der Waals surface area contributed by atoms with Crippen LogP contribution in [0.15, 0.2) is 157 Å². The summed E-state index contributed by atoms with van der Waals surface area (Å²) in [5, 5.41) is 13.0. The van der Waals surface area contributed by atoms with Crippen molar-refractivity contribution in [1.29, 1.82) is 0 Å². The molecule has 5 aromatic rings. The summed E-state index contributed by atoms with van der Waals surface area (Å²) in [4.78, 5) is 67.9. The number of esters is 5. The van der Waals surface area contributed by atoms with Gasteiger partial charge in [0, 0.05) is 0 Å². The summed E-state index contributed by atoms with van der Waals surface area (Å²) in [6.45, 7) is -0.784. The van der Waals surface area contributed by atoms with E-state index in [1.807, 2.05) is 0 Å². The molecule has 13 nitrogen and oxygen atoms in total. The van der Waals surface area contributed by atoms with Crippen molar-refractivity contribution in [2.75, 3.05) is 6.61 Å². The summed E-state index contributed by atoms with van der Waals surface area (Å²) in [5.74, 6) is -5.63. The van der Waals surface area contributed by atoms with E-state index in [0.29, 0.717) is 0 Å². The van der Waals surface area contributed by atoms with Crippen molar-refractivity contribution in [3.8, 4) is 0 Å². The number of oxime groups is 1. The normalized spacial score (nSPS) is 13.2. The fourth-order valence-corrected chi connectivity index (χ4v) is 5.09. The highest BCUT2D eigenvalue weighted by Gasteiger charge is 2.47. The second-order valence-electron chi connectivity index (χ2n) is 11.5. The molecule has 0 aliphatic carbocycles. The summed E-state index contributed by atoms with van der Waals surface area (Å²) in [7, 11) is 0. The molecule has 54 heavy (non-hydrogen) atoms. The maximum Gasteiger partial charge on any atom is 0.338 e. The average Bonchev–Trinajstić information content (AvgIpc) is 3.23. The maximum absolute atomic E-state index is 13.8. The standard InChI is InChI=1S/C41H34N2O11/c42-36(43-49)35(54-41(48)31-24-14-5-15-25-31)34(53-40(47)30-22-12-4-13-23-30)33(52-39(46)29-20-10-3-11-21-29)32(51-38(45)28-18-8-2-9-19-28)26-50-37(44)27-16-6-1-7-17-27/h1-25,32-35,49H,26H2,(H2,42,43)/t32-,33-,34+,35+/m1/s1. The highest BCUT2D eigenvalue weighted by atomic mass is 16.6. The molecule has 5 rings (SSSR count). The molecule has 5 aromatic carbocycles. The number of nitrogens with two attached hydrogens (primary N) is 1. The predicted octanol–water partition coefficient (Wildman–Crippen LogP) is 5.49. The molecule has 13 heteroatoms. The minimum atomic E-state index is -2.02. The van der Waals surface area contributed by atoms with E-state index < -0.39 is 66.7 Å². The van der Waals surface area contributed by atoms with Crippen LogP contribution in [-0.4, -0.2) is 71.9 Å². The lowest BCUT2D eigenvalue weighted by atomic mass is 10.0. The Kier molecular flexibility index (Phi) is 13.2.